The summed E-state index contributed by atoms with van der Waals surface area (Å²) in [6, 6.07) is 6.56. The molecule has 1 N–H and O–H groups in total. The van der Waals surface area contributed by atoms with Crippen LogP contribution in [0.3, 0.4) is 0 Å². The number of nitrogens with zero attached hydrogens (tertiary/aromatic N) is 4. The fourth-order valence-corrected chi connectivity index (χ4v) is 4.14. The number of aromatic nitrogens is 2. The summed E-state index contributed by atoms with van der Waals surface area (Å²) in [7, 11) is 0. The van der Waals surface area contributed by atoms with Gasteiger partial charge in [0.2, 0.25) is 11.7 Å². The van der Waals surface area contributed by atoms with Crippen molar-refractivity contribution in [1.82, 2.24) is 15.0 Å². The first kappa shape index (κ1) is 17.1. The van der Waals surface area contributed by atoms with Gasteiger partial charge in [-0.15, -0.1) is 0 Å². The van der Waals surface area contributed by atoms with Crippen LogP contribution in [0.2, 0.25) is 0 Å². The van der Waals surface area contributed by atoms with Crippen LogP contribution >= 0.6 is 0 Å². The Kier molecular flexibility index (Phi) is 4.69. The molecule has 1 aromatic heterocycles. The first-order chi connectivity index (χ1) is 12.6. The number of rotatable bonds is 4. The van der Waals surface area contributed by atoms with Crippen molar-refractivity contribution in [1.29, 1.82) is 0 Å². The largest absolute Gasteiger partial charge is 0.392 e. The number of benzene rings is 1. The van der Waals surface area contributed by atoms with Crippen molar-refractivity contribution in [2.45, 2.75) is 56.7 Å². The van der Waals surface area contributed by atoms with E-state index in [1.807, 2.05) is 0 Å². The van der Waals surface area contributed by atoms with Gasteiger partial charge in [0.25, 0.3) is 5.69 Å². The quantitative estimate of drug-likeness (QED) is 0.661. The highest BCUT2D eigenvalue weighted by Gasteiger charge is 2.39. The molecule has 2 aromatic rings. The minimum absolute atomic E-state index is 0.00558. The Balaban J connectivity index is 1.58. The molecule has 0 spiro atoms. The summed E-state index contributed by atoms with van der Waals surface area (Å²) in [5.41, 5.74) is 0.547. The van der Waals surface area contributed by atoms with Gasteiger partial charge in [0.15, 0.2) is 0 Å². The van der Waals surface area contributed by atoms with Crippen molar-refractivity contribution in [2.75, 3.05) is 6.54 Å². The summed E-state index contributed by atoms with van der Waals surface area (Å²) < 4.78 is 5.49. The highest BCUT2D eigenvalue weighted by molar-refractivity contribution is 5.58. The molecule has 1 aliphatic heterocycles. The Morgan fingerprint density at radius 2 is 2.08 bits per heavy atom. The molecule has 2 atom stereocenters. The van der Waals surface area contributed by atoms with Crippen LogP contribution in [0.4, 0.5) is 5.69 Å². The van der Waals surface area contributed by atoms with Gasteiger partial charge >= 0.3 is 0 Å². The molecule has 1 saturated heterocycles. The number of β-amino-alcohol motifs (C(OH)–C–C–N with tert-alkyl or cyclic N) is 1. The van der Waals surface area contributed by atoms with Crippen molar-refractivity contribution >= 4 is 5.69 Å². The van der Waals surface area contributed by atoms with E-state index in [0.29, 0.717) is 36.3 Å². The van der Waals surface area contributed by atoms with E-state index in [1.165, 1.54) is 31.4 Å². The van der Waals surface area contributed by atoms with Crippen LogP contribution in [-0.4, -0.2) is 43.8 Å². The Bertz CT molecular complexity index is 787. The molecule has 8 nitrogen and oxygen atoms in total. The topological polar surface area (TPSA) is 106 Å². The summed E-state index contributed by atoms with van der Waals surface area (Å²) in [6.45, 7) is 0.629. The third-order valence-corrected chi connectivity index (χ3v) is 5.40. The number of nitro groups is 1. The standard InChI is InChI=1S/C18H22N4O4/c23-15-10-16(21(11-15)13-6-2-1-3-7-13)18-19-17(20-26-18)12-5-4-8-14(9-12)22(24)25/h4-5,8-9,13,15-16,23H,1-3,6-7,10-11H2/t15-,16+/m1/s1. The molecule has 0 unspecified atom stereocenters. The number of aliphatic hydroxyl groups excluding tert-OH is 1. The van der Waals surface area contributed by atoms with E-state index < -0.39 is 11.0 Å². The van der Waals surface area contributed by atoms with E-state index >= 15 is 0 Å². The molecule has 1 saturated carbocycles. The van der Waals surface area contributed by atoms with Crippen molar-refractivity contribution in [3.05, 3.63) is 40.3 Å². The maximum atomic E-state index is 11.0. The molecule has 2 aliphatic rings. The van der Waals surface area contributed by atoms with Gasteiger partial charge in [-0.25, -0.2) is 0 Å². The SMILES string of the molecule is O=[N+]([O-])c1cccc(-c2noc([C@@H]3C[C@@H](O)CN3C3CCCCC3)n2)c1. The van der Waals surface area contributed by atoms with Crippen LogP contribution in [0, 0.1) is 10.1 Å². The van der Waals surface area contributed by atoms with E-state index in [-0.39, 0.29) is 11.7 Å². The van der Waals surface area contributed by atoms with Crippen molar-refractivity contribution in [3.63, 3.8) is 0 Å². The first-order valence-electron chi connectivity index (χ1n) is 9.14. The van der Waals surface area contributed by atoms with Gasteiger partial charge in [0.05, 0.1) is 17.1 Å². The number of likely N-dealkylation sites (tertiary alicyclic amines) is 1. The second-order valence-electron chi connectivity index (χ2n) is 7.16. The second-order valence-corrected chi connectivity index (χ2v) is 7.16. The van der Waals surface area contributed by atoms with Crippen LogP contribution < -0.4 is 0 Å². The lowest BCUT2D eigenvalue weighted by Crippen LogP contribution is -2.37. The average molecular weight is 358 g/mol. The number of hydrogen-bond acceptors (Lipinski definition) is 7. The Labute approximate surface area is 151 Å². The average Bonchev–Trinajstić information content (AvgIpc) is 3.29. The molecule has 2 heterocycles. The predicted octanol–water partition coefficient (Wildman–Crippen LogP) is 3.09. The molecule has 26 heavy (non-hydrogen) atoms. The molecule has 0 bridgehead atoms. The van der Waals surface area contributed by atoms with E-state index in [0.717, 1.165) is 12.8 Å². The van der Waals surface area contributed by atoms with Gasteiger partial charge in [-0.2, -0.15) is 4.98 Å². The molecule has 8 heteroatoms. The molecule has 0 amide bonds. The maximum absolute atomic E-state index is 11.0. The molecular weight excluding hydrogens is 336 g/mol. The third kappa shape index (κ3) is 3.34. The first-order valence-corrected chi connectivity index (χ1v) is 9.14. The fraction of sp³-hybridized carbons (Fsp3) is 0.556. The molecule has 1 aliphatic carbocycles. The zero-order valence-corrected chi connectivity index (χ0v) is 14.5. The Hall–Kier alpha value is -2.32. The van der Waals surface area contributed by atoms with E-state index in [2.05, 4.69) is 15.0 Å². The highest BCUT2D eigenvalue weighted by Crippen LogP contribution is 2.37. The monoisotopic (exact) mass is 358 g/mol. The maximum Gasteiger partial charge on any atom is 0.270 e. The lowest BCUT2D eigenvalue weighted by Gasteiger charge is -2.33. The predicted molar refractivity (Wildman–Crippen MR) is 93.3 cm³/mol. The summed E-state index contributed by atoms with van der Waals surface area (Å²) in [5, 5.41) is 25.2. The number of non-ortho nitro benzene ring substituents is 1. The normalized spacial score (nSPS) is 24.8. The Morgan fingerprint density at radius 3 is 2.85 bits per heavy atom. The zero-order chi connectivity index (χ0) is 18.1. The van der Waals surface area contributed by atoms with Crippen LogP contribution in [0.25, 0.3) is 11.4 Å². The van der Waals surface area contributed by atoms with E-state index in [1.54, 1.807) is 12.1 Å². The lowest BCUT2D eigenvalue weighted by atomic mass is 9.94. The molecule has 1 aromatic carbocycles. The summed E-state index contributed by atoms with van der Waals surface area (Å²) >= 11 is 0. The van der Waals surface area contributed by atoms with Crippen LogP contribution in [0.1, 0.15) is 50.5 Å². The summed E-state index contributed by atoms with van der Waals surface area (Å²) in [5.74, 6) is 0.822. The molecule has 0 radical (unpaired) electrons. The van der Waals surface area contributed by atoms with Crippen LogP contribution in [0.5, 0.6) is 0 Å². The van der Waals surface area contributed by atoms with E-state index in [4.69, 9.17) is 4.52 Å². The van der Waals surface area contributed by atoms with Crippen LogP contribution in [0.15, 0.2) is 28.8 Å². The van der Waals surface area contributed by atoms with Crippen LogP contribution in [-0.2, 0) is 0 Å². The minimum atomic E-state index is -0.442. The van der Waals surface area contributed by atoms with Gasteiger partial charge in [-0.05, 0) is 19.3 Å². The summed E-state index contributed by atoms with van der Waals surface area (Å²) in [6.07, 6.45) is 6.15. The molecule has 4 rings (SSSR count). The molecule has 138 valence electrons. The van der Waals surface area contributed by atoms with Gasteiger partial charge in [0.1, 0.15) is 0 Å². The van der Waals surface area contributed by atoms with Gasteiger partial charge in [-0.1, -0.05) is 36.6 Å². The van der Waals surface area contributed by atoms with Gasteiger partial charge in [0, 0.05) is 30.3 Å². The van der Waals surface area contributed by atoms with Crippen molar-refractivity contribution < 1.29 is 14.6 Å². The second kappa shape index (κ2) is 7.13. The number of aliphatic hydroxyl groups is 1. The van der Waals surface area contributed by atoms with Gasteiger partial charge < -0.3 is 9.63 Å². The van der Waals surface area contributed by atoms with E-state index in [9.17, 15) is 15.2 Å². The Morgan fingerprint density at radius 1 is 1.27 bits per heavy atom. The van der Waals surface area contributed by atoms with Gasteiger partial charge in [-0.3, -0.25) is 15.0 Å². The molecule has 2 fully saturated rings. The number of hydrogen-bond donors (Lipinski definition) is 1. The number of nitro benzene ring substituents is 1. The lowest BCUT2D eigenvalue weighted by molar-refractivity contribution is -0.384. The third-order valence-electron chi connectivity index (χ3n) is 5.40. The smallest absolute Gasteiger partial charge is 0.270 e. The summed E-state index contributed by atoms with van der Waals surface area (Å²) in [4.78, 5) is 17.3. The molecular formula is C18H22N4O4. The highest BCUT2D eigenvalue weighted by atomic mass is 16.6. The fourth-order valence-electron chi connectivity index (χ4n) is 4.14. The minimum Gasteiger partial charge on any atom is -0.392 e. The van der Waals surface area contributed by atoms with Crippen molar-refractivity contribution in [3.8, 4) is 11.4 Å². The zero-order valence-electron chi connectivity index (χ0n) is 14.5. The van der Waals surface area contributed by atoms with Crippen molar-refractivity contribution in [2.24, 2.45) is 0 Å².